The molecule has 0 radical (unpaired) electrons. The van der Waals surface area contributed by atoms with Gasteiger partial charge in [0.15, 0.2) is 11.5 Å². The number of aromatic nitrogens is 2. The summed E-state index contributed by atoms with van der Waals surface area (Å²) in [5, 5.41) is 5.00. The third-order valence-corrected chi connectivity index (χ3v) is 6.05. The molecule has 2 heterocycles. The number of nitrogens with zero attached hydrogens (tertiary/aromatic N) is 2. The number of amides is 1. The fraction of sp³-hybridized carbons (Fsp3) is 0.167. The van der Waals surface area contributed by atoms with Gasteiger partial charge in [-0.3, -0.25) is 9.59 Å². The zero-order chi connectivity index (χ0) is 24.2. The monoisotopic (exact) mass is 481 g/mol. The predicted molar refractivity (Wildman–Crippen MR) is 126 cm³/mol. The van der Waals surface area contributed by atoms with E-state index >= 15 is 0 Å². The van der Waals surface area contributed by atoms with Crippen LogP contribution in [0.1, 0.15) is 21.0 Å². The van der Waals surface area contributed by atoms with Gasteiger partial charge in [-0.05, 0) is 24.3 Å². The fourth-order valence-corrected chi connectivity index (χ4v) is 4.30. The first-order valence-corrected chi connectivity index (χ1v) is 11.0. The molecule has 0 spiro atoms. The molecule has 0 aliphatic heterocycles. The quantitative estimate of drug-likeness (QED) is 0.378. The Morgan fingerprint density at radius 3 is 2.53 bits per heavy atom. The molecule has 0 unspecified atom stereocenters. The number of carbonyl (C=O) groups is 2. The molecule has 2 aromatic heterocycles. The molecular weight excluding hydrogens is 461 g/mol. The number of Topliss-reactive ketones (excluding diaryl/α,β-unsaturated/α-hetero) is 1. The van der Waals surface area contributed by atoms with E-state index < -0.39 is 11.7 Å². The second kappa shape index (κ2) is 9.84. The van der Waals surface area contributed by atoms with Gasteiger partial charge in [0.2, 0.25) is 17.5 Å². The normalized spacial score (nSPS) is 10.7. The lowest BCUT2D eigenvalue weighted by Gasteiger charge is -2.10. The molecule has 34 heavy (non-hydrogen) atoms. The van der Waals surface area contributed by atoms with Crippen LogP contribution < -0.4 is 19.5 Å². The SMILES string of the molecule is COc1cc(-c2csc3c(F)cccc23)nc(C(=O)CNC(=O)c2ccc(OC)c(OC)c2)n1. The summed E-state index contributed by atoms with van der Waals surface area (Å²) in [6.07, 6.45) is 0. The lowest BCUT2D eigenvalue weighted by molar-refractivity contribution is 0.0899. The number of hydrogen-bond acceptors (Lipinski definition) is 8. The first-order valence-electron chi connectivity index (χ1n) is 10.1. The maximum Gasteiger partial charge on any atom is 0.251 e. The Bertz CT molecular complexity index is 1390. The molecule has 0 aliphatic carbocycles. The van der Waals surface area contributed by atoms with E-state index in [-0.39, 0.29) is 24.1 Å². The summed E-state index contributed by atoms with van der Waals surface area (Å²) in [5.41, 5.74) is 1.37. The average Bonchev–Trinajstić information content (AvgIpc) is 3.31. The van der Waals surface area contributed by atoms with Crippen molar-refractivity contribution in [3.8, 4) is 28.6 Å². The van der Waals surface area contributed by atoms with Gasteiger partial charge in [0.25, 0.3) is 5.91 Å². The van der Waals surface area contributed by atoms with Gasteiger partial charge in [0.1, 0.15) is 5.82 Å². The Kier molecular flexibility index (Phi) is 6.69. The minimum atomic E-state index is -0.514. The molecule has 8 nitrogen and oxygen atoms in total. The topological polar surface area (TPSA) is 99.6 Å². The van der Waals surface area contributed by atoms with E-state index in [2.05, 4.69) is 15.3 Å². The maximum atomic E-state index is 14.1. The molecular formula is C24H20FN3O5S. The summed E-state index contributed by atoms with van der Waals surface area (Å²) in [5.74, 6) is -0.400. The van der Waals surface area contributed by atoms with Crippen molar-refractivity contribution in [1.29, 1.82) is 0 Å². The molecule has 0 bridgehead atoms. The summed E-state index contributed by atoms with van der Waals surface area (Å²) >= 11 is 1.24. The van der Waals surface area contributed by atoms with Crippen molar-refractivity contribution in [3.05, 3.63) is 65.0 Å². The molecule has 0 atom stereocenters. The van der Waals surface area contributed by atoms with E-state index in [1.807, 2.05) is 0 Å². The molecule has 10 heteroatoms. The highest BCUT2D eigenvalue weighted by molar-refractivity contribution is 7.17. The van der Waals surface area contributed by atoms with Crippen LogP contribution in [0.5, 0.6) is 17.4 Å². The van der Waals surface area contributed by atoms with Gasteiger partial charge in [-0.2, -0.15) is 4.98 Å². The number of benzene rings is 2. The number of ether oxygens (including phenoxy) is 3. The van der Waals surface area contributed by atoms with E-state index in [4.69, 9.17) is 14.2 Å². The summed E-state index contributed by atoms with van der Waals surface area (Å²) in [4.78, 5) is 33.8. The molecule has 0 aliphatic rings. The molecule has 4 rings (SSSR count). The smallest absolute Gasteiger partial charge is 0.251 e. The molecule has 0 saturated carbocycles. The van der Waals surface area contributed by atoms with Gasteiger partial charge in [-0.25, -0.2) is 9.37 Å². The van der Waals surface area contributed by atoms with Crippen LogP contribution in [0.4, 0.5) is 4.39 Å². The molecule has 0 fully saturated rings. The second-order valence-corrected chi connectivity index (χ2v) is 7.94. The Morgan fingerprint density at radius 2 is 1.79 bits per heavy atom. The Hall–Kier alpha value is -4.05. The molecule has 174 valence electrons. The van der Waals surface area contributed by atoms with Crippen molar-refractivity contribution in [2.45, 2.75) is 0 Å². The second-order valence-electron chi connectivity index (χ2n) is 7.06. The molecule has 2 aromatic carbocycles. The Morgan fingerprint density at radius 1 is 1.00 bits per heavy atom. The van der Waals surface area contributed by atoms with E-state index in [1.54, 1.807) is 35.7 Å². The first-order chi connectivity index (χ1) is 16.4. The molecule has 0 saturated heterocycles. The van der Waals surface area contributed by atoms with Crippen LogP contribution in [0.2, 0.25) is 0 Å². The number of carbonyl (C=O) groups excluding carboxylic acids is 2. The number of fused-ring (bicyclic) bond motifs is 1. The van der Waals surface area contributed by atoms with Crippen molar-refractivity contribution >= 4 is 33.1 Å². The minimum Gasteiger partial charge on any atom is -0.493 e. The third kappa shape index (κ3) is 4.53. The summed E-state index contributed by atoms with van der Waals surface area (Å²) in [7, 11) is 4.38. The fourth-order valence-electron chi connectivity index (χ4n) is 3.33. The maximum absolute atomic E-state index is 14.1. The van der Waals surface area contributed by atoms with Crippen LogP contribution >= 0.6 is 11.3 Å². The Labute approximate surface area is 198 Å². The number of thiophene rings is 1. The zero-order valence-corrected chi connectivity index (χ0v) is 19.4. The number of rotatable bonds is 8. The molecule has 1 amide bonds. The van der Waals surface area contributed by atoms with E-state index in [9.17, 15) is 14.0 Å². The van der Waals surface area contributed by atoms with Crippen molar-refractivity contribution in [2.75, 3.05) is 27.9 Å². The average molecular weight is 482 g/mol. The van der Waals surface area contributed by atoms with Gasteiger partial charge in [-0.1, -0.05) is 12.1 Å². The summed E-state index contributed by atoms with van der Waals surface area (Å²) in [6, 6.07) is 11.0. The highest BCUT2D eigenvalue weighted by Gasteiger charge is 2.18. The zero-order valence-electron chi connectivity index (χ0n) is 18.5. The summed E-state index contributed by atoms with van der Waals surface area (Å²) < 4.78 is 30.2. The largest absolute Gasteiger partial charge is 0.493 e. The van der Waals surface area contributed by atoms with E-state index in [0.29, 0.717) is 38.4 Å². The lowest BCUT2D eigenvalue weighted by atomic mass is 10.1. The first kappa shape index (κ1) is 23.1. The van der Waals surface area contributed by atoms with Crippen LogP contribution in [0, 0.1) is 5.82 Å². The van der Waals surface area contributed by atoms with Crippen LogP contribution in [0.3, 0.4) is 0 Å². The highest BCUT2D eigenvalue weighted by atomic mass is 32.1. The Balaban J connectivity index is 1.57. The van der Waals surface area contributed by atoms with Crippen molar-refractivity contribution in [2.24, 2.45) is 0 Å². The number of halogens is 1. The van der Waals surface area contributed by atoms with Crippen molar-refractivity contribution < 1.29 is 28.2 Å². The van der Waals surface area contributed by atoms with Crippen molar-refractivity contribution in [1.82, 2.24) is 15.3 Å². The molecule has 4 aromatic rings. The predicted octanol–water partition coefficient (Wildman–Crippen LogP) is 4.14. The number of ketones is 1. The third-order valence-electron chi connectivity index (χ3n) is 5.04. The number of nitrogens with one attached hydrogen (secondary N) is 1. The minimum absolute atomic E-state index is 0.127. The van der Waals surface area contributed by atoms with Crippen LogP contribution in [0.25, 0.3) is 21.3 Å². The standard InChI is InChI=1S/C24H20FN3O5S/c1-31-19-8-7-13(9-20(19)32-2)24(30)26-11-18(29)23-27-17(10-21(28-23)33-3)15-12-34-22-14(15)5-4-6-16(22)25/h4-10,12H,11H2,1-3H3,(H,26,30). The van der Waals surface area contributed by atoms with Gasteiger partial charge >= 0.3 is 0 Å². The van der Waals surface area contributed by atoms with E-state index in [0.717, 1.165) is 0 Å². The lowest BCUT2D eigenvalue weighted by Crippen LogP contribution is -2.30. The molecule has 1 N–H and O–H groups in total. The number of hydrogen-bond donors (Lipinski definition) is 1. The van der Waals surface area contributed by atoms with Gasteiger partial charge in [0, 0.05) is 28.0 Å². The van der Waals surface area contributed by atoms with Crippen LogP contribution in [0.15, 0.2) is 47.8 Å². The van der Waals surface area contributed by atoms with Crippen molar-refractivity contribution in [3.63, 3.8) is 0 Å². The van der Waals surface area contributed by atoms with E-state index in [1.165, 1.54) is 44.8 Å². The van der Waals surface area contributed by atoms with Gasteiger partial charge < -0.3 is 19.5 Å². The highest BCUT2D eigenvalue weighted by Crippen LogP contribution is 2.35. The van der Waals surface area contributed by atoms with Gasteiger partial charge in [-0.15, -0.1) is 11.3 Å². The van der Waals surface area contributed by atoms with Gasteiger partial charge in [0.05, 0.1) is 38.3 Å². The number of methoxy groups -OCH3 is 3. The van der Waals surface area contributed by atoms with Crippen LogP contribution in [-0.2, 0) is 0 Å². The summed E-state index contributed by atoms with van der Waals surface area (Å²) in [6.45, 7) is -0.335. The van der Waals surface area contributed by atoms with Crippen LogP contribution in [-0.4, -0.2) is 49.5 Å².